The third-order valence-electron chi connectivity index (χ3n) is 3.23. The van der Waals surface area contributed by atoms with Gasteiger partial charge in [0.05, 0.1) is 6.54 Å². The number of hydrogen-bond acceptors (Lipinski definition) is 3. The van der Waals surface area contributed by atoms with E-state index in [-0.39, 0.29) is 48.1 Å². The zero-order chi connectivity index (χ0) is 19.5. The molecule has 0 aliphatic carbocycles. The number of halogens is 4. The molecule has 3 N–H and O–H groups in total. The van der Waals surface area contributed by atoms with Crippen LogP contribution in [-0.2, 0) is 11.3 Å². The Hall–Kier alpha value is -1.36. The maximum Gasteiger partial charge on any atom is 0.387 e. The van der Waals surface area contributed by atoms with E-state index in [0.29, 0.717) is 36.2 Å². The monoisotopic (exact) mass is 518 g/mol. The third-order valence-corrected chi connectivity index (χ3v) is 3.47. The molecule has 1 aromatic rings. The standard InChI is InChI=1S/C17H25ClF2N4O2.HI/c1-4-21-17(23-8-7-22-15(25)11(2)3)24-10-12-9-13(18)5-6-14(12)26-16(19)20;/h5-6,9,11,16H,4,7-8,10H2,1-3H3,(H,22,25)(H2,21,23,24);1H. The molecule has 0 radical (unpaired) electrons. The third kappa shape index (κ3) is 10.5. The molecule has 0 heterocycles. The lowest BCUT2D eigenvalue weighted by Gasteiger charge is -2.14. The SMILES string of the molecule is CCNC(=NCc1cc(Cl)ccc1OC(F)F)NCCNC(=O)C(C)C.I. The highest BCUT2D eigenvalue weighted by atomic mass is 127. The number of carbonyl (C=O) groups is 1. The van der Waals surface area contributed by atoms with Crippen molar-refractivity contribution in [1.82, 2.24) is 16.0 Å². The maximum absolute atomic E-state index is 12.5. The zero-order valence-electron chi connectivity index (χ0n) is 15.5. The van der Waals surface area contributed by atoms with Gasteiger partial charge in [-0.25, -0.2) is 4.99 Å². The number of hydrogen-bond donors (Lipinski definition) is 3. The lowest BCUT2D eigenvalue weighted by atomic mass is 10.2. The van der Waals surface area contributed by atoms with Crippen LogP contribution in [0.5, 0.6) is 5.75 Å². The second-order valence-corrected chi connectivity index (χ2v) is 6.13. The van der Waals surface area contributed by atoms with Gasteiger partial charge in [0.1, 0.15) is 5.75 Å². The number of benzene rings is 1. The quantitative estimate of drug-likeness (QED) is 0.203. The van der Waals surface area contributed by atoms with E-state index in [2.05, 4.69) is 25.7 Å². The minimum absolute atomic E-state index is 0. The minimum atomic E-state index is -2.92. The van der Waals surface area contributed by atoms with Crippen molar-refractivity contribution < 1.29 is 18.3 Å². The van der Waals surface area contributed by atoms with Gasteiger partial charge >= 0.3 is 6.61 Å². The van der Waals surface area contributed by atoms with Crippen molar-refractivity contribution in [2.24, 2.45) is 10.9 Å². The van der Waals surface area contributed by atoms with Gasteiger partial charge in [-0.05, 0) is 25.1 Å². The Morgan fingerprint density at radius 2 is 1.89 bits per heavy atom. The number of aliphatic imine (C=N–C) groups is 1. The smallest absolute Gasteiger partial charge is 0.387 e. The van der Waals surface area contributed by atoms with E-state index < -0.39 is 6.61 Å². The number of carbonyl (C=O) groups excluding carboxylic acids is 1. The molecule has 1 amide bonds. The molecule has 1 rings (SSSR count). The molecule has 0 atom stereocenters. The van der Waals surface area contributed by atoms with Crippen molar-refractivity contribution in [2.75, 3.05) is 19.6 Å². The van der Waals surface area contributed by atoms with E-state index in [1.807, 2.05) is 20.8 Å². The fraction of sp³-hybridized carbons (Fsp3) is 0.529. The zero-order valence-corrected chi connectivity index (χ0v) is 18.6. The van der Waals surface area contributed by atoms with Gasteiger partial charge < -0.3 is 20.7 Å². The number of alkyl halides is 2. The summed E-state index contributed by atoms with van der Waals surface area (Å²) in [5.41, 5.74) is 0.447. The Kier molecular flexibility index (Phi) is 13.1. The highest BCUT2D eigenvalue weighted by molar-refractivity contribution is 14.0. The average Bonchev–Trinajstić information content (AvgIpc) is 2.57. The summed E-state index contributed by atoms with van der Waals surface area (Å²) in [6.07, 6.45) is 0. The molecule has 27 heavy (non-hydrogen) atoms. The first-order valence-electron chi connectivity index (χ1n) is 8.36. The maximum atomic E-state index is 12.5. The highest BCUT2D eigenvalue weighted by Crippen LogP contribution is 2.25. The number of nitrogens with one attached hydrogen (secondary N) is 3. The Morgan fingerprint density at radius 1 is 1.22 bits per heavy atom. The van der Waals surface area contributed by atoms with Gasteiger partial charge in [-0.2, -0.15) is 8.78 Å². The predicted octanol–water partition coefficient (Wildman–Crippen LogP) is 3.39. The van der Waals surface area contributed by atoms with Crippen molar-refractivity contribution in [3.05, 3.63) is 28.8 Å². The van der Waals surface area contributed by atoms with E-state index in [9.17, 15) is 13.6 Å². The fourth-order valence-corrected chi connectivity index (χ4v) is 2.15. The van der Waals surface area contributed by atoms with Crippen molar-refractivity contribution in [2.45, 2.75) is 33.9 Å². The van der Waals surface area contributed by atoms with Crippen LogP contribution in [0.1, 0.15) is 26.3 Å². The van der Waals surface area contributed by atoms with Crippen LogP contribution in [0.25, 0.3) is 0 Å². The summed E-state index contributed by atoms with van der Waals surface area (Å²) in [7, 11) is 0. The van der Waals surface area contributed by atoms with Crippen LogP contribution in [0.3, 0.4) is 0 Å². The van der Waals surface area contributed by atoms with Gasteiger partial charge in [0.15, 0.2) is 5.96 Å². The first kappa shape index (κ1) is 25.6. The number of amides is 1. The van der Waals surface area contributed by atoms with Gasteiger partial charge in [-0.1, -0.05) is 25.4 Å². The minimum Gasteiger partial charge on any atom is -0.434 e. The Balaban J connectivity index is 0.00000676. The largest absolute Gasteiger partial charge is 0.434 e. The van der Waals surface area contributed by atoms with Crippen molar-refractivity contribution >= 4 is 47.4 Å². The van der Waals surface area contributed by atoms with Gasteiger partial charge in [-0.15, -0.1) is 24.0 Å². The summed E-state index contributed by atoms with van der Waals surface area (Å²) >= 11 is 5.92. The van der Waals surface area contributed by atoms with Crippen LogP contribution in [0.4, 0.5) is 8.78 Å². The topological polar surface area (TPSA) is 74.8 Å². The molecule has 0 spiro atoms. The number of guanidine groups is 1. The molecule has 154 valence electrons. The summed E-state index contributed by atoms with van der Waals surface area (Å²) in [6, 6.07) is 4.41. The van der Waals surface area contributed by atoms with E-state index in [0.717, 1.165) is 0 Å². The summed E-state index contributed by atoms with van der Waals surface area (Å²) in [4.78, 5) is 15.9. The van der Waals surface area contributed by atoms with Crippen LogP contribution in [-0.4, -0.2) is 38.1 Å². The molecule has 0 unspecified atom stereocenters. The average molecular weight is 519 g/mol. The Bertz CT molecular complexity index is 619. The summed E-state index contributed by atoms with van der Waals surface area (Å²) in [6.45, 7) is 4.27. The molecule has 0 bridgehead atoms. The Labute approximate surface area is 180 Å². The molecule has 0 aromatic heterocycles. The van der Waals surface area contributed by atoms with Gasteiger partial charge in [0.2, 0.25) is 5.91 Å². The Morgan fingerprint density at radius 3 is 2.48 bits per heavy atom. The van der Waals surface area contributed by atoms with Crippen LogP contribution in [0, 0.1) is 5.92 Å². The molecule has 0 saturated heterocycles. The van der Waals surface area contributed by atoms with Gasteiger partial charge in [-0.3, -0.25) is 4.79 Å². The molecule has 6 nitrogen and oxygen atoms in total. The lowest BCUT2D eigenvalue weighted by molar-refractivity contribution is -0.123. The summed E-state index contributed by atoms with van der Waals surface area (Å²) < 4.78 is 29.5. The lowest BCUT2D eigenvalue weighted by Crippen LogP contribution is -2.42. The molecule has 0 fully saturated rings. The number of ether oxygens (including phenoxy) is 1. The normalized spacial score (nSPS) is 11.2. The molecule has 10 heteroatoms. The first-order valence-corrected chi connectivity index (χ1v) is 8.74. The van der Waals surface area contributed by atoms with Crippen molar-refractivity contribution in [1.29, 1.82) is 0 Å². The number of rotatable bonds is 9. The highest BCUT2D eigenvalue weighted by Gasteiger charge is 2.10. The molecule has 0 saturated carbocycles. The van der Waals surface area contributed by atoms with Crippen LogP contribution < -0.4 is 20.7 Å². The molecule has 1 aromatic carbocycles. The van der Waals surface area contributed by atoms with E-state index in [4.69, 9.17) is 11.6 Å². The fourth-order valence-electron chi connectivity index (χ4n) is 1.96. The second-order valence-electron chi connectivity index (χ2n) is 5.70. The van der Waals surface area contributed by atoms with Crippen molar-refractivity contribution in [3.63, 3.8) is 0 Å². The van der Waals surface area contributed by atoms with E-state index in [1.165, 1.54) is 18.2 Å². The predicted molar refractivity (Wildman–Crippen MR) is 114 cm³/mol. The van der Waals surface area contributed by atoms with E-state index in [1.54, 1.807) is 0 Å². The number of nitrogens with zero attached hydrogens (tertiary/aromatic N) is 1. The van der Waals surface area contributed by atoms with Gasteiger partial charge in [0.25, 0.3) is 0 Å². The van der Waals surface area contributed by atoms with Gasteiger partial charge in [0, 0.05) is 36.1 Å². The molecule has 0 aliphatic heterocycles. The van der Waals surface area contributed by atoms with E-state index >= 15 is 0 Å². The molecule has 0 aliphatic rings. The van der Waals surface area contributed by atoms with Crippen LogP contribution in [0.2, 0.25) is 5.02 Å². The summed E-state index contributed by atoms with van der Waals surface area (Å²) in [5, 5.41) is 9.30. The van der Waals surface area contributed by atoms with Crippen LogP contribution >= 0.6 is 35.6 Å². The van der Waals surface area contributed by atoms with Crippen molar-refractivity contribution in [3.8, 4) is 5.75 Å². The summed E-state index contributed by atoms with van der Waals surface area (Å²) in [5.74, 6) is 0.428. The second kappa shape index (κ2) is 13.8. The first-order chi connectivity index (χ1) is 12.3. The molecular weight excluding hydrogens is 493 g/mol. The molecular formula is C17H26ClF2IN4O2. The van der Waals surface area contributed by atoms with Crippen LogP contribution in [0.15, 0.2) is 23.2 Å².